The molecule has 1 saturated carbocycles. The normalized spacial score (nSPS) is 22.1. The predicted octanol–water partition coefficient (Wildman–Crippen LogP) is 3.15. The predicted molar refractivity (Wildman–Crippen MR) is 85.7 cm³/mol. The van der Waals surface area contributed by atoms with Crippen LogP contribution in [0.5, 0.6) is 0 Å². The van der Waals surface area contributed by atoms with Gasteiger partial charge in [-0.2, -0.15) is 11.3 Å². The summed E-state index contributed by atoms with van der Waals surface area (Å²) in [5.41, 5.74) is 1.08. The fourth-order valence-corrected chi connectivity index (χ4v) is 4.18. The molecule has 0 bridgehead atoms. The third-order valence-corrected chi connectivity index (χ3v) is 5.67. The number of nitrogens with zero attached hydrogens (tertiary/aromatic N) is 1. The molecular formula is C15H18N2O2S2. The average Bonchev–Trinajstić information content (AvgIpc) is 3.19. The minimum Gasteiger partial charge on any atom is -0.396 e. The molecule has 4 nitrogen and oxygen atoms in total. The molecule has 0 spiro atoms. The molecule has 0 radical (unpaired) electrons. The molecule has 0 aliphatic heterocycles. The Balaban J connectivity index is 1.59. The summed E-state index contributed by atoms with van der Waals surface area (Å²) in [5.74, 6) is 0.383. The number of carbonyl (C=O) groups excluding carboxylic acids is 1. The first-order valence-electron chi connectivity index (χ1n) is 7.16. The lowest BCUT2D eigenvalue weighted by Crippen LogP contribution is -2.37. The van der Waals surface area contributed by atoms with Crippen LogP contribution < -0.4 is 5.32 Å². The summed E-state index contributed by atoms with van der Waals surface area (Å²) in [6.45, 7) is 0.263. The molecule has 1 fully saturated rings. The van der Waals surface area contributed by atoms with Crippen LogP contribution in [0, 0.1) is 5.92 Å². The Bertz CT molecular complexity index is 587. The number of aromatic nitrogens is 1. The molecule has 21 heavy (non-hydrogen) atoms. The zero-order valence-electron chi connectivity index (χ0n) is 11.6. The minimum absolute atomic E-state index is 0.0265. The van der Waals surface area contributed by atoms with Gasteiger partial charge in [-0.05, 0) is 43.0 Å². The Labute approximate surface area is 131 Å². The van der Waals surface area contributed by atoms with Crippen LogP contribution in [-0.4, -0.2) is 28.6 Å². The van der Waals surface area contributed by atoms with Crippen LogP contribution in [0.1, 0.15) is 35.4 Å². The van der Waals surface area contributed by atoms with E-state index in [4.69, 9.17) is 5.11 Å². The van der Waals surface area contributed by atoms with Gasteiger partial charge in [0.1, 0.15) is 9.88 Å². The summed E-state index contributed by atoms with van der Waals surface area (Å²) in [6, 6.07) is 2.24. The maximum absolute atomic E-state index is 12.3. The van der Waals surface area contributed by atoms with Crippen molar-refractivity contribution in [2.24, 2.45) is 5.92 Å². The molecule has 2 aromatic rings. The van der Waals surface area contributed by atoms with Crippen molar-refractivity contribution in [1.82, 2.24) is 10.3 Å². The molecule has 6 heteroatoms. The highest BCUT2D eigenvalue weighted by molar-refractivity contribution is 7.17. The van der Waals surface area contributed by atoms with Gasteiger partial charge < -0.3 is 10.4 Å². The van der Waals surface area contributed by atoms with Gasteiger partial charge in [0.2, 0.25) is 0 Å². The summed E-state index contributed by atoms with van der Waals surface area (Å²) in [4.78, 5) is 17.3. The zero-order valence-corrected chi connectivity index (χ0v) is 13.3. The van der Waals surface area contributed by atoms with E-state index in [1.54, 1.807) is 17.5 Å². The fourth-order valence-electron chi connectivity index (χ4n) is 2.64. The molecule has 112 valence electrons. The molecule has 1 aliphatic rings. The second kappa shape index (κ2) is 6.68. The third kappa shape index (κ3) is 3.51. The number of hydrogen-bond donors (Lipinski definition) is 2. The maximum Gasteiger partial charge on any atom is 0.263 e. The van der Waals surface area contributed by atoms with Crippen molar-refractivity contribution >= 4 is 28.6 Å². The zero-order chi connectivity index (χ0) is 14.7. The van der Waals surface area contributed by atoms with Gasteiger partial charge in [0.05, 0.1) is 6.20 Å². The number of thiazole rings is 1. The standard InChI is InChI=1S/C15H18N2O2S2/c18-8-10-1-3-12(4-2-10)17-14(19)13-7-16-15(21-13)11-5-6-20-9-11/h5-7,9-10,12,18H,1-4,8H2,(H,17,19). The maximum atomic E-state index is 12.3. The number of thiophene rings is 1. The van der Waals surface area contributed by atoms with E-state index in [-0.39, 0.29) is 18.6 Å². The van der Waals surface area contributed by atoms with Crippen molar-refractivity contribution in [1.29, 1.82) is 0 Å². The van der Waals surface area contributed by atoms with E-state index in [9.17, 15) is 4.79 Å². The van der Waals surface area contributed by atoms with Crippen LogP contribution in [0.25, 0.3) is 10.6 Å². The quantitative estimate of drug-likeness (QED) is 0.909. The molecular weight excluding hydrogens is 304 g/mol. The van der Waals surface area contributed by atoms with Crippen molar-refractivity contribution in [2.75, 3.05) is 6.61 Å². The van der Waals surface area contributed by atoms with Crippen LogP contribution in [0.4, 0.5) is 0 Å². The van der Waals surface area contributed by atoms with E-state index < -0.39 is 0 Å². The number of rotatable bonds is 4. The van der Waals surface area contributed by atoms with Crippen molar-refractivity contribution in [3.8, 4) is 10.6 Å². The highest BCUT2D eigenvalue weighted by atomic mass is 32.1. The topological polar surface area (TPSA) is 62.2 Å². The summed E-state index contributed by atoms with van der Waals surface area (Å²) in [6.07, 6.45) is 5.54. The van der Waals surface area contributed by atoms with Gasteiger partial charge in [0.25, 0.3) is 5.91 Å². The van der Waals surface area contributed by atoms with Crippen molar-refractivity contribution in [2.45, 2.75) is 31.7 Å². The van der Waals surface area contributed by atoms with E-state index in [0.29, 0.717) is 10.8 Å². The largest absolute Gasteiger partial charge is 0.396 e. The molecule has 1 aliphatic carbocycles. The minimum atomic E-state index is -0.0265. The van der Waals surface area contributed by atoms with E-state index in [1.807, 2.05) is 16.8 Å². The van der Waals surface area contributed by atoms with Crippen LogP contribution >= 0.6 is 22.7 Å². The third-order valence-electron chi connectivity index (χ3n) is 3.94. The Hall–Kier alpha value is -1.24. The number of amides is 1. The van der Waals surface area contributed by atoms with Gasteiger partial charge >= 0.3 is 0 Å². The Morgan fingerprint density at radius 3 is 2.86 bits per heavy atom. The monoisotopic (exact) mass is 322 g/mol. The molecule has 0 atom stereocenters. The van der Waals surface area contributed by atoms with Gasteiger partial charge in [-0.25, -0.2) is 4.98 Å². The SMILES string of the molecule is O=C(NC1CCC(CO)CC1)c1cnc(-c2ccsc2)s1. The van der Waals surface area contributed by atoms with Crippen molar-refractivity contribution < 1.29 is 9.90 Å². The van der Waals surface area contributed by atoms with Crippen molar-refractivity contribution in [3.63, 3.8) is 0 Å². The lowest BCUT2D eigenvalue weighted by atomic mass is 9.86. The number of aliphatic hydroxyl groups excluding tert-OH is 1. The molecule has 3 rings (SSSR count). The summed E-state index contributed by atoms with van der Waals surface area (Å²) < 4.78 is 0. The molecule has 2 N–H and O–H groups in total. The lowest BCUT2D eigenvalue weighted by Gasteiger charge is -2.27. The molecule has 0 unspecified atom stereocenters. The van der Waals surface area contributed by atoms with Gasteiger partial charge in [0.15, 0.2) is 0 Å². The van der Waals surface area contributed by atoms with E-state index >= 15 is 0 Å². The Morgan fingerprint density at radius 1 is 1.38 bits per heavy atom. The highest BCUT2D eigenvalue weighted by Gasteiger charge is 2.23. The molecule has 1 amide bonds. The number of hydrogen-bond acceptors (Lipinski definition) is 5. The second-order valence-corrected chi connectivity index (χ2v) is 7.23. The van der Waals surface area contributed by atoms with Gasteiger partial charge in [-0.15, -0.1) is 11.3 Å². The van der Waals surface area contributed by atoms with Crippen LogP contribution in [0.3, 0.4) is 0 Å². The van der Waals surface area contributed by atoms with Crippen LogP contribution in [-0.2, 0) is 0 Å². The molecule has 0 aromatic carbocycles. The van der Waals surface area contributed by atoms with E-state index in [0.717, 1.165) is 36.3 Å². The average molecular weight is 322 g/mol. The number of aliphatic hydroxyl groups is 1. The van der Waals surface area contributed by atoms with E-state index in [1.165, 1.54) is 11.3 Å². The van der Waals surface area contributed by atoms with Crippen molar-refractivity contribution in [3.05, 3.63) is 27.9 Å². The molecule has 2 aromatic heterocycles. The van der Waals surface area contributed by atoms with Crippen LogP contribution in [0.2, 0.25) is 0 Å². The number of carbonyl (C=O) groups is 1. The smallest absolute Gasteiger partial charge is 0.263 e. The fraction of sp³-hybridized carbons (Fsp3) is 0.467. The first kappa shape index (κ1) is 14.7. The first-order chi connectivity index (χ1) is 10.3. The second-order valence-electron chi connectivity index (χ2n) is 5.42. The van der Waals surface area contributed by atoms with Crippen LogP contribution in [0.15, 0.2) is 23.0 Å². The lowest BCUT2D eigenvalue weighted by molar-refractivity contribution is 0.0918. The van der Waals surface area contributed by atoms with Gasteiger partial charge in [-0.3, -0.25) is 4.79 Å². The van der Waals surface area contributed by atoms with E-state index in [2.05, 4.69) is 10.3 Å². The molecule has 0 saturated heterocycles. The van der Waals surface area contributed by atoms with Gasteiger partial charge in [0, 0.05) is 23.6 Å². The molecule has 2 heterocycles. The summed E-state index contributed by atoms with van der Waals surface area (Å²) in [5, 5.41) is 17.2. The highest BCUT2D eigenvalue weighted by Crippen LogP contribution is 2.28. The number of nitrogens with one attached hydrogen (secondary N) is 1. The van der Waals surface area contributed by atoms with Gasteiger partial charge in [-0.1, -0.05) is 0 Å². The Kier molecular flexibility index (Phi) is 4.67. The summed E-state index contributed by atoms with van der Waals surface area (Å²) in [7, 11) is 0. The first-order valence-corrected chi connectivity index (χ1v) is 8.92. The summed E-state index contributed by atoms with van der Waals surface area (Å²) >= 11 is 3.06. The Morgan fingerprint density at radius 2 is 2.19 bits per heavy atom.